The van der Waals surface area contributed by atoms with Crippen molar-refractivity contribution in [2.75, 3.05) is 0 Å². The van der Waals surface area contributed by atoms with E-state index < -0.39 is 17.7 Å². The largest absolute Gasteiger partial charge is 0.422 e. The number of hydrogen-bond acceptors (Lipinski definition) is 4. The number of rotatable bonds is 2. The SMILES string of the molecule is CC(=O)OC1(OC(C)=O)CCCCCCC1C. The zero-order valence-corrected chi connectivity index (χ0v) is 11.0. The van der Waals surface area contributed by atoms with E-state index in [9.17, 15) is 9.59 Å². The van der Waals surface area contributed by atoms with Crippen molar-refractivity contribution in [2.24, 2.45) is 5.92 Å². The minimum Gasteiger partial charge on any atom is -0.422 e. The molecule has 0 N–H and O–H groups in total. The minimum atomic E-state index is -1.04. The molecule has 0 aromatic carbocycles. The molecule has 0 spiro atoms. The third kappa shape index (κ3) is 4.02. The van der Waals surface area contributed by atoms with Crippen LogP contribution in [0, 0.1) is 5.92 Å². The molecule has 1 saturated carbocycles. The monoisotopic (exact) mass is 242 g/mol. The fourth-order valence-corrected chi connectivity index (χ4v) is 2.45. The normalized spacial score (nSPS) is 24.3. The lowest BCUT2D eigenvalue weighted by molar-refractivity contribution is -0.249. The molecule has 0 heterocycles. The van der Waals surface area contributed by atoms with Crippen molar-refractivity contribution in [1.29, 1.82) is 0 Å². The van der Waals surface area contributed by atoms with E-state index in [1.165, 1.54) is 20.3 Å². The van der Waals surface area contributed by atoms with Crippen LogP contribution in [0.2, 0.25) is 0 Å². The van der Waals surface area contributed by atoms with Gasteiger partial charge in [-0.05, 0) is 12.8 Å². The van der Waals surface area contributed by atoms with Gasteiger partial charge in [0.05, 0.1) is 0 Å². The number of carbonyl (C=O) groups is 2. The summed E-state index contributed by atoms with van der Waals surface area (Å²) in [6, 6.07) is 0. The van der Waals surface area contributed by atoms with E-state index in [1.54, 1.807) is 0 Å². The fourth-order valence-electron chi connectivity index (χ4n) is 2.45. The molecule has 17 heavy (non-hydrogen) atoms. The summed E-state index contributed by atoms with van der Waals surface area (Å²) >= 11 is 0. The Morgan fingerprint density at radius 3 is 2.06 bits per heavy atom. The van der Waals surface area contributed by atoms with Crippen molar-refractivity contribution >= 4 is 11.9 Å². The Hall–Kier alpha value is -1.06. The van der Waals surface area contributed by atoms with Gasteiger partial charge in [0, 0.05) is 26.2 Å². The number of hydrogen-bond donors (Lipinski definition) is 0. The summed E-state index contributed by atoms with van der Waals surface area (Å²) in [5, 5.41) is 0. The molecule has 4 nitrogen and oxygen atoms in total. The van der Waals surface area contributed by atoms with E-state index in [-0.39, 0.29) is 5.92 Å². The van der Waals surface area contributed by atoms with Crippen LogP contribution < -0.4 is 0 Å². The van der Waals surface area contributed by atoms with E-state index in [0.717, 1.165) is 25.7 Å². The van der Waals surface area contributed by atoms with Gasteiger partial charge in [-0.1, -0.05) is 26.2 Å². The second kappa shape index (κ2) is 6.03. The maximum absolute atomic E-state index is 11.2. The van der Waals surface area contributed by atoms with Gasteiger partial charge in [-0.3, -0.25) is 9.59 Å². The average Bonchev–Trinajstić information content (AvgIpc) is 2.18. The van der Waals surface area contributed by atoms with Gasteiger partial charge in [0.15, 0.2) is 0 Å². The van der Waals surface area contributed by atoms with Crippen LogP contribution in [0.25, 0.3) is 0 Å². The molecule has 1 aliphatic carbocycles. The molecule has 1 unspecified atom stereocenters. The van der Waals surface area contributed by atoms with Gasteiger partial charge in [-0.2, -0.15) is 0 Å². The molecule has 1 fully saturated rings. The molecule has 1 rings (SSSR count). The predicted octanol–water partition coefficient (Wildman–Crippen LogP) is 2.80. The second-order valence-corrected chi connectivity index (χ2v) is 4.85. The first-order valence-electron chi connectivity index (χ1n) is 6.35. The zero-order chi connectivity index (χ0) is 12.9. The molecule has 1 aliphatic rings. The van der Waals surface area contributed by atoms with Crippen molar-refractivity contribution in [2.45, 2.75) is 65.1 Å². The lowest BCUT2D eigenvalue weighted by atomic mass is 9.86. The van der Waals surface area contributed by atoms with Crippen LogP contribution in [0.15, 0.2) is 0 Å². The highest BCUT2D eigenvalue weighted by Crippen LogP contribution is 2.36. The van der Waals surface area contributed by atoms with Crippen LogP contribution >= 0.6 is 0 Å². The summed E-state index contributed by atoms with van der Waals surface area (Å²) < 4.78 is 10.7. The first-order chi connectivity index (χ1) is 7.96. The Bertz CT molecular complexity index is 269. The molecule has 4 heteroatoms. The molecule has 0 radical (unpaired) electrons. The molecule has 98 valence electrons. The summed E-state index contributed by atoms with van der Waals surface area (Å²) in [6.45, 7) is 4.70. The van der Waals surface area contributed by atoms with E-state index in [4.69, 9.17) is 9.47 Å². The van der Waals surface area contributed by atoms with Crippen LogP contribution in [0.1, 0.15) is 59.3 Å². The fraction of sp³-hybridized carbons (Fsp3) is 0.846. The van der Waals surface area contributed by atoms with Gasteiger partial charge in [-0.25, -0.2) is 0 Å². The van der Waals surface area contributed by atoms with Gasteiger partial charge in [-0.15, -0.1) is 0 Å². The number of ether oxygens (including phenoxy) is 2. The van der Waals surface area contributed by atoms with E-state index in [1.807, 2.05) is 6.92 Å². The first kappa shape index (κ1) is 14.0. The van der Waals surface area contributed by atoms with Crippen molar-refractivity contribution in [3.63, 3.8) is 0 Å². The quantitative estimate of drug-likeness (QED) is 0.552. The van der Waals surface area contributed by atoms with Crippen LogP contribution in [0.5, 0.6) is 0 Å². The van der Waals surface area contributed by atoms with Crippen LogP contribution in [0.3, 0.4) is 0 Å². The van der Waals surface area contributed by atoms with Gasteiger partial charge in [0.2, 0.25) is 0 Å². The minimum absolute atomic E-state index is 0.0515. The van der Waals surface area contributed by atoms with Crippen molar-refractivity contribution in [3.8, 4) is 0 Å². The Balaban J connectivity index is 2.88. The number of carbonyl (C=O) groups excluding carboxylic acids is 2. The van der Waals surface area contributed by atoms with Gasteiger partial charge < -0.3 is 9.47 Å². The third-order valence-electron chi connectivity index (χ3n) is 3.30. The highest BCUT2D eigenvalue weighted by atomic mass is 16.7. The molecule has 0 aromatic rings. The standard InChI is InChI=1S/C13H22O4/c1-10-8-6-4-5-7-9-13(10,16-11(2)14)17-12(3)15/h10H,4-9H2,1-3H3. The van der Waals surface area contributed by atoms with Crippen molar-refractivity contribution in [1.82, 2.24) is 0 Å². The molecular formula is C13H22O4. The van der Waals surface area contributed by atoms with Gasteiger partial charge >= 0.3 is 11.9 Å². The Morgan fingerprint density at radius 2 is 1.53 bits per heavy atom. The predicted molar refractivity (Wildman–Crippen MR) is 63.1 cm³/mol. The van der Waals surface area contributed by atoms with Crippen LogP contribution in [-0.4, -0.2) is 17.7 Å². The maximum atomic E-state index is 11.2. The lowest BCUT2D eigenvalue weighted by Gasteiger charge is -2.38. The van der Waals surface area contributed by atoms with Crippen LogP contribution in [0.4, 0.5) is 0 Å². The van der Waals surface area contributed by atoms with Crippen molar-refractivity contribution < 1.29 is 19.1 Å². The lowest BCUT2D eigenvalue weighted by Crippen LogP contribution is -2.45. The average molecular weight is 242 g/mol. The van der Waals surface area contributed by atoms with E-state index >= 15 is 0 Å². The Morgan fingerprint density at radius 1 is 1.00 bits per heavy atom. The molecule has 0 aromatic heterocycles. The van der Waals surface area contributed by atoms with Gasteiger partial charge in [0.1, 0.15) is 0 Å². The summed E-state index contributed by atoms with van der Waals surface area (Å²) in [6.07, 6.45) is 5.82. The smallest absolute Gasteiger partial charge is 0.305 e. The summed E-state index contributed by atoms with van der Waals surface area (Å²) in [4.78, 5) is 22.5. The number of esters is 2. The summed E-state index contributed by atoms with van der Waals surface area (Å²) in [5.41, 5.74) is 0. The molecule has 0 bridgehead atoms. The highest BCUT2D eigenvalue weighted by molar-refractivity contribution is 5.68. The van der Waals surface area contributed by atoms with Crippen molar-refractivity contribution in [3.05, 3.63) is 0 Å². The Kier molecular flexibility index (Phi) is 4.97. The summed E-state index contributed by atoms with van der Waals surface area (Å²) in [7, 11) is 0. The second-order valence-electron chi connectivity index (χ2n) is 4.85. The third-order valence-corrected chi connectivity index (χ3v) is 3.30. The first-order valence-corrected chi connectivity index (χ1v) is 6.35. The zero-order valence-electron chi connectivity index (χ0n) is 11.0. The topological polar surface area (TPSA) is 52.6 Å². The summed E-state index contributed by atoms with van der Waals surface area (Å²) in [5.74, 6) is -1.77. The van der Waals surface area contributed by atoms with E-state index in [2.05, 4.69) is 0 Å². The Labute approximate surface area is 103 Å². The maximum Gasteiger partial charge on any atom is 0.305 e. The molecule has 0 saturated heterocycles. The molecule has 1 atom stereocenters. The van der Waals surface area contributed by atoms with Gasteiger partial charge in [0.25, 0.3) is 5.79 Å². The highest BCUT2D eigenvalue weighted by Gasteiger charge is 2.42. The van der Waals surface area contributed by atoms with Crippen LogP contribution in [-0.2, 0) is 19.1 Å². The molecular weight excluding hydrogens is 220 g/mol. The molecule has 0 amide bonds. The van der Waals surface area contributed by atoms with E-state index in [0.29, 0.717) is 6.42 Å². The molecule has 0 aliphatic heterocycles.